The van der Waals surface area contributed by atoms with Crippen LogP contribution in [0.3, 0.4) is 0 Å². The number of hydrogen-bond acceptors (Lipinski definition) is 4. The SMILES string of the molecule is Cc1ncc2c(n1)C1(C)C=C(C#N)C(=O)C(C)C1CC2. The van der Waals surface area contributed by atoms with E-state index >= 15 is 0 Å². The zero-order valence-corrected chi connectivity index (χ0v) is 12.0. The number of carbonyl (C=O) groups is 1. The summed E-state index contributed by atoms with van der Waals surface area (Å²) in [6.07, 6.45) is 5.58. The van der Waals surface area contributed by atoms with Crippen molar-refractivity contribution >= 4 is 5.78 Å². The molecule has 0 saturated carbocycles. The number of aromatic nitrogens is 2. The van der Waals surface area contributed by atoms with Crippen LogP contribution in [0.15, 0.2) is 17.8 Å². The molecule has 0 aromatic carbocycles. The zero-order chi connectivity index (χ0) is 14.5. The van der Waals surface area contributed by atoms with E-state index in [1.54, 1.807) is 0 Å². The first-order chi connectivity index (χ1) is 9.47. The minimum atomic E-state index is -0.334. The predicted molar refractivity (Wildman–Crippen MR) is 73.8 cm³/mol. The second-order valence-electron chi connectivity index (χ2n) is 6.04. The Balaban J connectivity index is 2.25. The summed E-state index contributed by atoms with van der Waals surface area (Å²) in [5, 5.41) is 9.21. The number of aryl methyl sites for hydroxylation is 2. The topological polar surface area (TPSA) is 66.6 Å². The van der Waals surface area contributed by atoms with Crippen LogP contribution >= 0.6 is 0 Å². The van der Waals surface area contributed by atoms with Gasteiger partial charge in [-0.15, -0.1) is 0 Å². The lowest BCUT2D eigenvalue weighted by Gasteiger charge is -2.45. The van der Waals surface area contributed by atoms with E-state index in [9.17, 15) is 10.1 Å². The fraction of sp³-hybridized carbons (Fsp3) is 0.500. The van der Waals surface area contributed by atoms with Crippen LogP contribution in [-0.2, 0) is 16.6 Å². The maximum absolute atomic E-state index is 12.2. The van der Waals surface area contributed by atoms with Gasteiger partial charge < -0.3 is 0 Å². The molecule has 102 valence electrons. The van der Waals surface area contributed by atoms with Crippen LogP contribution in [0.1, 0.15) is 37.4 Å². The lowest BCUT2D eigenvalue weighted by molar-refractivity contribution is -0.121. The third-order valence-corrected chi connectivity index (χ3v) is 4.84. The molecule has 3 unspecified atom stereocenters. The summed E-state index contributed by atoms with van der Waals surface area (Å²) < 4.78 is 0. The van der Waals surface area contributed by atoms with Gasteiger partial charge in [0.2, 0.25) is 0 Å². The molecule has 0 N–H and O–H groups in total. The molecule has 3 atom stereocenters. The fourth-order valence-electron chi connectivity index (χ4n) is 3.76. The minimum Gasteiger partial charge on any atom is -0.293 e. The maximum atomic E-state index is 12.2. The van der Waals surface area contributed by atoms with Crippen molar-refractivity contribution in [3.63, 3.8) is 0 Å². The van der Waals surface area contributed by atoms with E-state index in [0.29, 0.717) is 0 Å². The van der Waals surface area contributed by atoms with Gasteiger partial charge in [0.15, 0.2) is 5.78 Å². The summed E-state index contributed by atoms with van der Waals surface area (Å²) in [4.78, 5) is 21.1. The summed E-state index contributed by atoms with van der Waals surface area (Å²) in [5.74, 6) is 0.809. The van der Waals surface area contributed by atoms with Crippen LogP contribution in [0.4, 0.5) is 0 Å². The van der Waals surface area contributed by atoms with Crippen molar-refractivity contribution < 1.29 is 4.79 Å². The molecule has 1 heterocycles. The Kier molecular flexibility index (Phi) is 2.75. The standard InChI is InChI=1S/C16H17N3O/c1-9-13-5-4-11-8-18-10(2)19-15(11)16(13,3)6-12(7-17)14(9)20/h6,8-9,13H,4-5H2,1-3H3. The van der Waals surface area contributed by atoms with E-state index in [1.165, 1.54) is 0 Å². The number of fused-ring (bicyclic) bond motifs is 3. The number of Topliss-reactive ketones (excluding diaryl/α,β-unsaturated/α-hetero) is 1. The smallest absolute Gasteiger partial charge is 0.176 e. The summed E-state index contributed by atoms with van der Waals surface area (Å²) >= 11 is 0. The molecule has 1 aromatic heterocycles. The van der Waals surface area contributed by atoms with Gasteiger partial charge in [0.25, 0.3) is 0 Å². The van der Waals surface area contributed by atoms with Gasteiger partial charge in [-0.05, 0) is 31.2 Å². The first kappa shape index (κ1) is 13.0. The van der Waals surface area contributed by atoms with Crippen LogP contribution in [0.25, 0.3) is 0 Å². The number of rotatable bonds is 0. The molecule has 1 aromatic rings. The average molecular weight is 267 g/mol. The molecule has 20 heavy (non-hydrogen) atoms. The highest BCUT2D eigenvalue weighted by atomic mass is 16.1. The number of nitrogens with zero attached hydrogens (tertiary/aromatic N) is 3. The molecular formula is C16H17N3O. The van der Waals surface area contributed by atoms with E-state index in [-0.39, 0.29) is 28.6 Å². The van der Waals surface area contributed by atoms with Crippen LogP contribution in [0.5, 0.6) is 0 Å². The van der Waals surface area contributed by atoms with Crippen molar-refractivity contribution in [2.75, 3.05) is 0 Å². The Morgan fingerprint density at radius 3 is 2.95 bits per heavy atom. The number of ketones is 1. The van der Waals surface area contributed by atoms with Crippen LogP contribution < -0.4 is 0 Å². The molecule has 0 amide bonds. The van der Waals surface area contributed by atoms with E-state index in [4.69, 9.17) is 0 Å². The van der Waals surface area contributed by atoms with Crippen molar-refractivity contribution in [1.29, 1.82) is 5.26 Å². The Bertz CT molecular complexity index is 671. The Morgan fingerprint density at radius 2 is 2.25 bits per heavy atom. The normalized spacial score (nSPS) is 31.9. The zero-order valence-electron chi connectivity index (χ0n) is 12.0. The summed E-state index contributed by atoms with van der Waals surface area (Å²) in [5.41, 5.74) is 2.08. The summed E-state index contributed by atoms with van der Waals surface area (Å²) in [6.45, 7) is 5.91. The van der Waals surface area contributed by atoms with E-state index in [1.807, 2.05) is 26.1 Å². The van der Waals surface area contributed by atoms with E-state index < -0.39 is 0 Å². The number of nitriles is 1. The van der Waals surface area contributed by atoms with Crippen molar-refractivity contribution in [2.24, 2.45) is 11.8 Å². The molecule has 0 radical (unpaired) electrons. The van der Waals surface area contributed by atoms with Crippen molar-refractivity contribution in [2.45, 2.75) is 39.0 Å². The lowest BCUT2D eigenvalue weighted by atomic mass is 9.58. The van der Waals surface area contributed by atoms with Gasteiger partial charge in [-0.2, -0.15) is 5.26 Å². The number of allylic oxidation sites excluding steroid dienone is 2. The second kappa shape index (κ2) is 4.24. The Labute approximate surface area is 118 Å². The highest BCUT2D eigenvalue weighted by Gasteiger charge is 2.48. The van der Waals surface area contributed by atoms with Gasteiger partial charge in [-0.3, -0.25) is 4.79 Å². The van der Waals surface area contributed by atoms with Crippen molar-refractivity contribution in [3.05, 3.63) is 34.9 Å². The van der Waals surface area contributed by atoms with Crippen LogP contribution in [0.2, 0.25) is 0 Å². The number of hydrogen-bond donors (Lipinski definition) is 0. The van der Waals surface area contributed by atoms with Gasteiger partial charge >= 0.3 is 0 Å². The molecule has 0 bridgehead atoms. The quantitative estimate of drug-likeness (QED) is 0.723. The summed E-state index contributed by atoms with van der Waals surface area (Å²) in [6, 6.07) is 2.06. The third-order valence-electron chi connectivity index (χ3n) is 4.84. The lowest BCUT2D eigenvalue weighted by Crippen LogP contribution is -2.46. The molecule has 0 spiro atoms. The van der Waals surface area contributed by atoms with Crippen LogP contribution in [-0.4, -0.2) is 15.8 Å². The average Bonchev–Trinajstić information content (AvgIpc) is 2.43. The van der Waals surface area contributed by atoms with Gasteiger partial charge in [-0.25, -0.2) is 9.97 Å². The van der Waals surface area contributed by atoms with Gasteiger partial charge in [-0.1, -0.05) is 19.9 Å². The van der Waals surface area contributed by atoms with Gasteiger partial charge in [0.1, 0.15) is 11.9 Å². The van der Waals surface area contributed by atoms with Crippen molar-refractivity contribution in [1.82, 2.24) is 9.97 Å². The largest absolute Gasteiger partial charge is 0.293 e. The third kappa shape index (κ3) is 1.62. The molecule has 2 aliphatic carbocycles. The highest BCUT2D eigenvalue weighted by Crippen LogP contribution is 2.48. The summed E-state index contributed by atoms with van der Waals surface area (Å²) in [7, 11) is 0. The molecule has 2 aliphatic rings. The van der Waals surface area contributed by atoms with E-state index in [2.05, 4.69) is 23.0 Å². The highest BCUT2D eigenvalue weighted by molar-refractivity contribution is 6.02. The minimum absolute atomic E-state index is 0.0239. The van der Waals surface area contributed by atoms with E-state index in [0.717, 1.165) is 29.9 Å². The first-order valence-corrected chi connectivity index (χ1v) is 6.97. The molecule has 4 heteroatoms. The Hall–Kier alpha value is -2.02. The molecule has 0 aliphatic heterocycles. The Morgan fingerprint density at radius 1 is 1.50 bits per heavy atom. The second-order valence-corrected chi connectivity index (χ2v) is 6.04. The predicted octanol–water partition coefficient (Wildman–Crippen LogP) is 2.27. The molecule has 0 saturated heterocycles. The van der Waals surface area contributed by atoms with Crippen molar-refractivity contribution in [3.8, 4) is 6.07 Å². The van der Waals surface area contributed by atoms with Gasteiger partial charge in [0.05, 0.1) is 11.3 Å². The monoisotopic (exact) mass is 267 g/mol. The maximum Gasteiger partial charge on any atom is 0.176 e. The fourth-order valence-corrected chi connectivity index (χ4v) is 3.76. The van der Waals surface area contributed by atoms with Gasteiger partial charge in [0, 0.05) is 17.5 Å². The molecule has 0 fully saturated rings. The number of carbonyl (C=O) groups excluding carboxylic acids is 1. The molecular weight excluding hydrogens is 250 g/mol. The first-order valence-electron chi connectivity index (χ1n) is 6.97. The van der Waals surface area contributed by atoms with Crippen LogP contribution in [0, 0.1) is 30.1 Å². The molecule has 4 nitrogen and oxygen atoms in total. The molecule has 3 rings (SSSR count).